The van der Waals surface area contributed by atoms with Gasteiger partial charge < -0.3 is 19.7 Å². The molecule has 0 bridgehead atoms. The number of hydrogen-bond acceptors (Lipinski definition) is 6. The number of hydrogen-bond donors (Lipinski definition) is 1. The summed E-state index contributed by atoms with van der Waals surface area (Å²) in [5, 5.41) is 4.10. The zero-order chi connectivity index (χ0) is 18.9. The van der Waals surface area contributed by atoms with Crippen LogP contribution in [0.4, 0.5) is 4.79 Å². The summed E-state index contributed by atoms with van der Waals surface area (Å²) >= 11 is 7.41. The van der Waals surface area contributed by atoms with E-state index in [2.05, 4.69) is 10.3 Å². The molecule has 0 aromatic carbocycles. The van der Waals surface area contributed by atoms with Crippen molar-refractivity contribution in [2.45, 2.75) is 42.2 Å². The maximum atomic E-state index is 12.5. The molecule has 9 heteroatoms. The lowest BCUT2D eigenvalue weighted by molar-refractivity contribution is -0.141. The normalized spacial score (nSPS) is 26.1. The number of carbonyl (C=O) groups excluding carboxylic acids is 2. The Labute approximate surface area is 161 Å². The van der Waals surface area contributed by atoms with E-state index in [9.17, 15) is 9.59 Å². The van der Waals surface area contributed by atoms with Crippen LogP contribution in [0.2, 0.25) is 5.02 Å². The van der Waals surface area contributed by atoms with Crippen molar-refractivity contribution in [1.29, 1.82) is 0 Å². The van der Waals surface area contributed by atoms with Crippen LogP contribution in [0.15, 0.2) is 23.4 Å². The molecule has 0 radical (unpaired) electrons. The molecule has 1 N–H and O–H groups in total. The van der Waals surface area contributed by atoms with Crippen LogP contribution in [0.5, 0.6) is 0 Å². The molecule has 0 aliphatic carbocycles. The van der Waals surface area contributed by atoms with Gasteiger partial charge in [0.1, 0.15) is 17.8 Å². The molecule has 142 valence electrons. The Morgan fingerprint density at radius 2 is 2.27 bits per heavy atom. The Morgan fingerprint density at radius 1 is 1.50 bits per heavy atom. The van der Waals surface area contributed by atoms with Crippen LogP contribution in [0.25, 0.3) is 0 Å². The van der Waals surface area contributed by atoms with E-state index >= 15 is 0 Å². The second kappa shape index (κ2) is 7.25. The van der Waals surface area contributed by atoms with Gasteiger partial charge >= 0.3 is 6.09 Å². The summed E-state index contributed by atoms with van der Waals surface area (Å²) in [5.74, 6) is -0.153. The first kappa shape index (κ1) is 19.3. The molecule has 1 aromatic rings. The van der Waals surface area contributed by atoms with Crippen molar-refractivity contribution in [3.05, 3.63) is 23.4 Å². The number of amides is 2. The maximum absolute atomic E-state index is 12.5. The fourth-order valence-electron chi connectivity index (χ4n) is 2.91. The van der Waals surface area contributed by atoms with Crippen LogP contribution in [-0.4, -0.2) is 64.6 Å². The van der Waals surface area contributed by atoms with E-state index in [0.29, 0.717) is 24.7 Å². The summed E-state index contributed by atoms with van der Waals surface area (Å²) in [6.07, 6.45) is 1.20. The number of nitrogens with zero attached hydrogens (tertiary/aromatic N) is 2. The number of aromatic nitrogens is 1. The number of carbonyl (C=O) groups is 2. The fraction of sp³-hybridized carbons (Fsp3) is 0.588. The van der Waals surface area contributed by atoms with Gasteiger partial charge in [-0.05, 0) is 32.9 Å². The smallest absolute Gasteiger partial charge is 0.410 e. The molecule has 2 aliphatic heterocycles. The van der Waals surface area contributed by atoms with Gasteiger partial charge in [-0.25, -0.2) is 9.78 Å². The molecular weight excluding hydrogens is 378 g/mol. The lowest BCUT2D eigenvalue weighted by atomic mass is 10.0. The molecule has 3 rings (SSSR count). The van der Waals surface area contributed by atoms with E-state index in [1.165, 1.54) is 11.8 Å². The van der Waals surface area contributed by atoms with Gasteiger partial charge in [0.2, 0.25) is 5.91 Å². The number of pyridine rings is 1. The molecule has 1 spiro atoms. The summed E-state index contributed by atoms with van der Waals surface area (Å²) in [7, 11) is 0. The maximum Gasteiger partial charge on any atom is 0.410 e. The van der Waals surface area contributed by atoms with Crippen LogP contribution >= 0.6 is 23.4 Å². The lowest BCUT2D eigenvalue weighted by Crippen LogP contribution is -2.58. The number of nitrogens with one attached hydrogen (secondary N) is 1. The molecule has 1 aromatic heterocycles. The number of ether oxygens (including phenoxy) is 2. The first-order valence-corrected chi connectivity index (χ1v) is 9.59. The van der Waals surface area contributed by atoms with Crippen LogP contribution in [0, 0.1) is 0 Å². The molecule has 2 aliphatic rings. The molecular formula is C17H22ClN3O4S. The SMILES string of the molecule is CC(C)(C)OC(=O)N1C[C@H](Sc2ccc(Cl)cn2)[C@@]2(CNC(=O)CO2)C1. The first-order chi connectivity index (χ1) is 12.2. The average Bonchev–Trinajstić information content (AvgIpc) is 2.90. The van der Waals surface area contributed by atoms with E-state index in [0.717, 1.165) is 5.03 Å². The minimum absolute atomic E-state index is 0.0206. The van der Waals surface area contributed by atoms with Gasteiger partial charge in [0.15, 0.2) is 0 Å². The standard InChI is InChI=1S/C17H22ClN3O4S/c1-16(2,3)25-15(23)21-7-12(26-14-5-4-11(18)6-19-14)17(10-21)9-20-13(22)8-24-17/h4-6,12H,7-10H2,1-3H3,(H,20,22)/t12-,17+/m0/s1. The molecule has 3 heterocycles. The molecule has 7 nitrogen and oxygen atoms in total. The van der Waals surface area contributed by atoms with Crippen molar-refractivity contribution < 1.29 is 19.1 Å². The summed E-state index contributed by atoms with van der Waals surface area (Å²) in [5.41, 5.74) is -1.24. The Balaban J connectivity index is 1.78. The van der Waals surface area contributed by atoms with Gasteiger partial charge in [0, 0.05) is 19.3 Å². The van der Waals surface area contributed by atoms with Gasteiger partial charge in [-0.1, -0.05) is 23.4 Å². The second-order valence-corrected chi connectivity index (χ2v) is 9.07. The lowest BCUT2D eigenvalue weighted by Gasteiger charge is -2.37. The molecule has 0 unspecified atom stereocenters. The van der Waals surface area contributed by atoms with Gasteiger partial charge in [-0.15, -0.1) is 0 Å². The van der Waals surface area contributed by atoms with Gasteiger partial charge in [-0.2, -0.15) is 0 Å². The highest BCUT2D eigenvalue weighted by Gasteiger charge is 2.52. The highest BCUT2D eigenvalue weighted by atomic mass is 35.5. The van der Waals surface area contributed by atoms with E-state index in [-0.39, 0.29) is 23.9 Å². The van der Waals surface area contributed by atoms with Crippen molar-refractivity contribution in [2.75, 3.05) is 26.2 Å². The van der Waals surface area contributed by atoms with Crippen LogP contribution in [0.3, 0.4) is 0 Å². The van der Waals surface area contributed by atoms with Crippen molar-refractivity contribution in [3.63, 3.8) is 0 Å². The first-order valence-electron chi connectivity index (χ1n) is 8.34. The number of rotatable bonds is 2. The van der Waals surface area contributed by atoms with Crippen molar-refractivity contribution in [1.82, 2.24) is 15.2 Å². The largest absolute Gasteiger partial charge is 0.444 e. The summed E-state index contributed by atoms with van der Waals surface area (Å²) < 4.78 is 11.4. The van der Waals surface area contributed by atoms with Gasteiger partial charge in [0.05, 0.1) is 21.8 Å². The van der Waals surface area contributed by atoms with Crippen LogP contribution in [0.1, 0.15) is 20.8 Å². The molecule has 26 heavy (non-hydrogen) atoms. The predicted octanol–water partition coefficient (Wildman–Crippen LogP) is 2.33. The monoisotopic (exact) mass is 399 g/mol. The average molecular weight is 400 g/mol. The number of morpholine rings is 1. The molecule has 2 fully saturated rings. The summed E-state index contributed by atoms with van der Waals surface area (Å²) in [6.45, 7) is 6.62. The molecule has 2 amide bonds. The molecule has 2 atom stereocenters. The van der Waals surface area contributed by atoms with Crippen molar-refractivity contribution >= 4 is 35.4 Å². The molecule has 2 saturated heterocycles. The van der Waals surface area contributed by atoms with E-state index in [1.807, 2.05) is 26.8 Å². The van der Waals surface area contributed by atoms with Gasteiger partial charge in [0.25, 0.3) is 0 Å². The zero-order valence-corrected chi connectivity index (χ0v) is 16.5. The van der Waals surface area contributed by atoms with E-state index in [1.54, 1.807) is 17.2 Å². The molecule has 0 saturated carbocycles. The zero-order valence-electron chi connectivity index (χ0n) is 15.0. The Bertz CT molecular complexity index is 682. The third-order valence-electron chi connectivity index (χ3n) is 4.12. The fourth-order valence-corrected chi connectivity index (χ4v) is 4.27. The highest BCUT2D eigenvalue weighted by Crippen LogP contribution is 2.39. The Morgan fingerprint density at radius 3 is 2.85 bits per heavy atom. The third kappa shape index (κ3) is 4.42. The highest BCUT2D eigenvalue weighted by molar-refractivity contribution is 8.00. The second-order valence-electron chi connectivity index (χ2n) is 7.41. The van der Waals surface area contributed by atoms with Gasteiger partial charge in [-0.3, -0.25) is 4.79 Å². The summed E-state index contributed by atoms with van der Waals surface area (Å²) in [4.78, 5) is 30.0. The Hall–Kier alpha value is -1.51. The van der Waals surface area contributed by atoms with Crippen LogP contribution in [-0.2, 0) is 14.3 Å². The summed E-state index contributed by atoms with van der Waals surface area (Å²) in [6, 6.07) is 3.60. The Kier molecular flexibility index (Phi) is 5.37. The van der Waals surface area contributed by atoms with Crippen molar-refractivity contribution in [2.24, 2.45) is 0 Å². The number of likely N-dealkylation sites (tertiary alicyclic amines) is 1. The topological polar surface area (TPSA) is 80.8 Å². The number of thioether (sulfide) groups is 1. The minimum atomic E-state index is -0.670. The van der Waals surface area contributed by atoms with Crippen LogP contribution < -0.4 is 5.32 Å². The third-order valence-corrected chi connectivity index (χ3v) is 5.69. The van der Waals surface area contributed by atoms with E-state index < -0.39 is 11.2 Å². The quantitative estimate of drug-likeness (QED) is 0.822. The van der Waals surface area contributed by atoms with Crippen molar-refractivity contribution in [3.8, 4) is 0 Å². The minimum Gasteiger partial charge on any atom is -0.444 e. The number of halogens is 1. The predicted molar refractivity (Wildman–Crippen MR) is 98.4 cm³/mol. The van der Waals surface area contributed by atoms with E-state index in [4.69, 9.17) is 21.1 Å².